The molecule has 0 bridgehead atoms. The summed E-state index contributed by atoms with van der Waals surface area (Å²) in [5, 5.41) is 10.9. The van der Waals surface area contributed by atoms with Crippen molar-refractivity contribution in [3.8, 4) is 0 Å². The molecule has 0 aliphatic heterocycles. The number of aliphatic hydroxyl groups is 1. The van der Waals surface area contributed by atoms with Gasteiger partial charge in [0.2, 0.25) is 0 Å². The van der Waals surface area contributed by atoms with Crippen molar-refractivity contribution in [3.63, 3.8) is 0 Å². The molecule has 1 nitrogen and oxygen atoms in total. The highest BCUT2D eigenvalue weighted by Gasteiger charge is 2.82. The number of rotatable bonds is 4. The van der Waals surface area contributed by atoms with Gasteiger partial charge in [0, 0.05) is 0 Å². The highest BCUT2D eigenvalue weighted by Crippen LogP contribution is 2.89. The van der Waals surface area contributed by atoms with Crippen LogP contribution in [0.2, 0.25) is 0 Å². The fourth-order valence-electron chi connectivity index (χ4n) is 11.1. The maximum Gasteiger partial charge on any atom is 0.0594 e. The van der Waals surface area contributed by atoms with Crippen LogP contribution in [-0.4, -0.2) is 11.2 Å². The molecular weight excluding hydrogens is 388 g/mol. The summed E-state index contributed by atoms with van der Waals surface area (Å²) in [5.74, 6) is 4.06. The summed E-state index contributed by atoms with van der Waals surface area (Å²) in [5.41, 5.74) is 3.92. The zero-order chi connectivity index (χ0) is 23.3. The van der Waals surface area contributed by atoms with Gasteiger partial charge in [0.25, 0.3) is 0 Å². The van der Waals surface area contributed by atoms with E-state index in [9.17, 15) is 5.11 Å². The van der Waals surface area contributed by atoms with Gasteiger partial charge >= 0.3 is 0 Å². The molecule has 5 aliphatic rings. The summed E-state index contributed by atoms with van der Waals surface area (Å²) in [6.07, 6.45) is 16.3. The first-order valence-electron chi connectivity index (χ1n) is 14.2. The quantitative estimate of drug-likeness (QED) is 0.435. The standard InChI is InChI=1S/C31H52O/c1-20(2)21(3)9-10-22(4)23-13-15-29(8)25-12-11-24-27(5,6)26(32)14-16-30(24)19-31(25,30)18-17-28(23,29)7/h9,20,22-26,32H,10-19H2,1-8H3/b21-9+/t22-,23-,24-,25-,26+,28-,29+,30+,31-/m1/s1. The van der Waals surface area contributed by atoms with Crippen LogP contribution >= 0.6 is 0 Å². The SMILES string of the molecule is C/C(=C\C[C@@H](C)[C@H]1CC[C@@]2(C)[C@H]3CC[C@@H]4C(C)(C)[C@@H](O)CC[C@]45C[C@]35CC[C@]12C)C(C)C. The molecule has 0 heterocycles. The van der Waals surface area contributed by atoms with E-state index in [1.165, 1.54) is 57.8 Å². The normalized spacial score (nSPS) is 52.6. The van der Waals surface area contributed by atoms with Crippen molar-refractivity contribution in [2.75, 3.05) is 0 Å². The highest BCUT2D eigenvalue weighted by molar-refractivity contribution is 5.30. The molecule has 5 aliphatic carbocycles. The molecule has 0 radical (unpaired) electrons. The second-order valence-corrected chi connectivity index (χ2v) is 14.8. The summed E-state index contributed by atoms with van der Waals surface area (Å²) in [6, 6.07) is 0. The van der Waals surface area contributed by atoms with E-state index in [-0.39, 0.29) is 11.5 Å². The zero-order valence-electron chi connectivity index (χ0n) is 22.6. The van der Waals surface area contributed by atoms with Crippen molar-refractivity contribution in [3.05, 3.63) is 11.6 Å². The molecule has 5 saturated carbocycles. The van der Waals surface area contributed by atoms with E-state index >= 15 is 0 Å². The molecular formula is C31H52O. The van der Waals surface area contributed by atoms with Gasteiger partial charge in [-0.05, 0) is 128 Å². The summed E-state index contributed by atoms with van der Waals surface area (Å²) >= 11 is 0. The zero-order valence-corrected chi connectivity index (χ0v) is 22.6. The van der Waals surface area contributed by atoms with Gasteiger partial charge in [-0.1, -0.05) is 60.1 Å². The van der Waals surface area contributed by atoms with Crippen LogP contribution < -0.4 is 0 Å². The lowest BCUT2D eigenvalue weighted by Gasteiger charge is -2.63. The van der Waals surface area contributed by atoms with Crippen LogP contribution in [0.15, 0.2) is 11.6 Å². The summed E-state index contributed by atoms with van der Waals surface area (Å²) < 4.78 is 0. The lowest BCUT2D eigenvalue weighted by Crippen LogP contribution is -2.57. The van der Waals surface area contributed by atoms with Gasteiger partial charge < -0.3 is 5.11 Å². The molecule has 9 atom stereocenters. The van der Waals surface area contributed by atoms with Gasteiger partial charge in [-0.15, -0.1) is 0 Å². The van der Waals surface area contributed by atoms with Crippen LogP contribution in [-0.2, 0) is 0 Å². The van der Waals surface area contributed by atoms with Gasteiger partial charge in [-0.3, -0.25) is 0 Å². The van der Waals surface area contributed by atoms with Crippen molar-refractivity contribution < 1.29 is 5.11 Å². The minimum absolute atomic E-state index is 0.0872. The van der Waals surface area contributed by atoms with Crippen LogP contribution in [0.4, 0.5) is 0 Å². The summed E-state index contributed by atoms with van der Waals surface area (Å²) in [6.45, 7) is 19.8. The third-order valence-corrected chi connectivity index (χ3v) is 13.6. The molecule has 0 unspecified atom stereocenters. The first kappa shape index (κ1) is 23.4. The molecule has 0 amide bonds. The second kappa shape index (κ2) is 7.11. The van der Waals surface area contributed by atoms with Gasteiger partial charge in [-0.2, -0.15) is 0 Å². The van der Waals surface area contributed by atoms with E-state index < -0.39 is 0 Å². The van der Waals surface area contributed by atoms with Crippen LogP contribution in [0.3, 0.4) is 0 Å². The van der Waals surface area contributed by atoms with Crippen molar-refractivity contribution in [2.45, 2.75) is 126 Å². The minimum atomic E-state index is -0.0872. The van der Waals surface area contributed by atoms with Crippen molar-refractivity contribution in [2.24, 2.45) is 56.7 Å². The van der Waals surface area contributed by atoms with Crippen LogP contribution in [0, 0.1) is 56.7 Å². The largest absolute Gasteiger partial charge is 0.393 e. The van der Waals surface area contributed by atoms with Crippen molar-refractivity contribution >= 4 is 0 Å². The molecule has 0 aromatic rings. The number of allylic oxidation sites excluding steroid dienone is 2. The van der Waals surface area contributed by atoms with E-state index in [0.29, 0.717) is 27.6 Å². The van der Waals surface area contributed by atoms with E-state index in [1.807, 2.05) is 0 Å². The molecule has 182 valence electrons. The first-order valence-corrected chi connectivity index (χ1v) is 14.2. The molecule has 1 heteroatoms. The van der Waals surface area contributed by atoms with Gasteiger partial charge in [0.15, 0.2) is 0 Å². The van der Waals surface area contributed by atoms with E-state index in [4.69, 9.17) is 0 Å². The maximum absolute atomic E-state index is 10.9. The third-order valence-electron chi connectivity index (χ3n) is 13.6. The minimum Gasteiger partial charge on any atom is -0.393 e. The fraction of sp³-hybridized carbons (Fsp3) is 0.935. The molecule has 0 aromatic carbocycles. The molecule has 2 spiro atoms. The Morgan fingerprint density at radius 1 is 0.844 bits per heavy atom. The Labute approximate surface area is 199 Å². The Morgan fingerprint density at radius 2 is 1.50 bits per heavy atom. The van der Waals surface area contributed by atoms with E-state index in [1.54, 1.807) is 5.57 Å². The molecule has 1 N–H and O–H groups in total. The van der Waals surface area contributed by atoms with Crippen LogP contribution in [0.25, 0.3) is 0 Å². The average molecular weight is 441 g/mol. The molecule has 0 aromatic heterocycles. The Bertz CT molecular complexity index is 792. The van der Waals surface area contributed by atoms with Crippen LogP contribution in [0.5, 0.6) is 0 Å². The third kappa shape index (κ3) is 2.73. The topological polar surface area (TPSA) is 20.2 Å². The molecule has 5 fully saturated rings. The maximum atomic E-state index is 10.9. The number of hydrogen-bond donors (Lipinski definition) is 1. The Kier molecular flexibility index (Phi) is 5.21. The summed E-state index contributed by atoms with van der Waals surface area (Å²) in [7, 11) is 0. The monoisotopic (exact) mass is 440 g/mol. The number of fused-ring (bicyclic) bond motifs is 2. The molecule has 32 heavy (non-hydrogen) atoms. The number of aliphatic hydroxyl groups excluding tert-OH is 1. The molecule has 5 rings (SSSR count). The van der Waals surface area contributed by atoms with Crippen LogP contribution in [0.1, 0.15) is 120 Å². The Hall–Kier alpha value is -0.300. The first-order chi connectivity index (χ1) is 14.9. The highest BCUT2D eigenvalue weighted by atomic mass is 16.3. The van der Waals surface area contributed by atoms with E-state index in [0.717, 1.165) is 30.1 Å². The number of hydrogen-bond acceptors (Lipinski definition) is 1. The van der Waals surface area contributed by atoms with Gasteiger partial charge in [-0.25, -0.2) is 0 Å². The predicted molar refractivity (Wildman–Crippen MR) is 135 cm³/mol. The predicted octanol–water partition coefficient (Wildman–Crippen LogP) is 8.41. The summed E-state index contributed by atoms with van der Waals surface area (Å²) in [4.78, 5) is 0. The second-order valence-electron chi connectivity index (χ2n) is 14.8. The van der Waals surface area contributed by atoms with E-state index in [2.05, 4.69) is 61.5 Å². The Morgan fingerprint density at radius 3 is 2.19 bits per heavy atom. The van der Waals surface area contributed by atoms with Gasteiger partial charge in [0.05, 0.1) is 6.10 Å². The van der Waals surface area contributed by atoms with Crippen molar-refractivity contribution in [1.29, 1.82) is 0 Å². The molecule has 0 saturated heterocycles. The lowest BCUT2D eigenvalue weighted by atomic mass is 9.41. The lowest BCUT2D eigenvalue weighted by molar-refractivity contribution is -0.161. The van der Waals surface area contributed by atoms with Gasteiger partial charge in [0.1, 0.15) is 0 Å². The average Bonchev–Trinajstić information content (AvgIpc) is 3.31. The smallest absolute Gasteiger partial charge is 0.0594 e. The Balaban J connectivity index is 1.41. The van der Waals surface area contributed by atoms with Crippen molar-refractivity contribution in [1.82, 2.24) is 0 Å². The fourth-order valence-corrected chi connectivity index (χ4v) is 11.1.